The van der Waals surface area contributed by atoms with E-state index in [2.05, 4.69) is 15.5 Å². The largest absolute Gasteiger partial charge is 0.417 e. The number of halogens is 3. The number of nitrogens with zero attached hydrogens (tertiary/aromatic N) is 2. The number of alkyl halides is 3. The third kappa shape index (κ3) is 6.11. The minimum absolute atomic E-state index is 0.141. The third-order valence-corrected chi connectivity index (χ3v) is 2.33. The molecule has 0 aliphatic heterocycles. The molecule has 1 aromatic rings. The van der Waals surface area contributed by atoms with E-state index < -0.39 is 28.8 Å². The molecule has 0 saturated heterocycles. The van der Waals surface area contributed by atoms with Gasteiger partial charge in [0.25, 0.3) is 5.91 Å². The van der Waals surface area contributed by atoms with E-state index in [0.29, 0.717) is 6.42 Å². The zero-order valence-corrected chi connectivity index (χ0v) is 12.6. The summed E-state index contributed by atoms with van der Waals surface area (Å²) in [6, 6.07) is 0.771. The first-order valence-electron chi connectivity index (χ1n) is 6.60. The fraction of sp³-hybridized carbons (Fsp3) is 0.500. The topological polar surface area (TPSA) is 63.6 Å². The normalized spacial score (nSPS) is 12.5. The average molecular weight is 317 g/mol. The summed E-state index contributed by atoms with van der Waals surface area (Å²) >= 11 is 0. The van der Waals surface area contributed by atoms with Crippen molar-refractivity contribution >= 4 is 12.1 Å². The number of nitrogens with one attached hydrogen (secondary N) is 1. The van der Waals surface area contributed by atoms with E-state index in [4.69, 9.17) is 4.84 Å². The highest BCUT2D eigenvalue weighted by Gasteiger charge is 2.35. The Hall–Kier alpha value is -2.12. The van der Waals surface area contributed by atoms with Crippen molar-refractivity contribution in [3.63, 3.8) is 0 Å². The van der Waals surface area contributed by atoms with Crippen molar-refractivity contribution in [1.82, 2.24) is 10.3 Å². The lowest BCUT2D eigenvalue weighted by atomic mass is 10.1. The molecule has 0 aliphatic carbocycles. The molecule has 1 N–H and O–H groups in total. The number of aromatic nitrogens is 1. The van der Waals surface area contributed by atoms with Crippen LogP contribution in [-0.2, 0) is 11.0 Å². The Bertz CT molecular complexity index is 537. The molecule has 0 saturated carbocycles. The predicted octanol–water partition coefficient (Wildman–Crippen LogP) is 3.02. The van der Waals surface area contributed by atoms with Crippen LogP contribution in [0.25, 0.3) is 0 Å². The fourth-order valence-electron chi connectivity index (χ4n) is 1.42. The zero-order chi connectivity index (χ0) is 16.8. The molecule has 0 fully saturated rings. The van der Waals surface area contributed by atoms with Crippen molar-refractivity contribution in [3.05, 3.63) is 29.6 Å². The number of pyridine rings is 1. The molecule has 0 spiro atoms. The Morgan fingerprint density at radius 2 is 2.09 bits per heavy atom. The van der Waals surface area contributed by atoms with Gasteiger partial charge in [-0.05, 0) is 26.8 Å². The van der Waals surface area contributed by atoms with Gasteiger partial charge in [0, 0.05) is 31.6 Å². The molecule has 5 nitrogen and oxygen atoms in total. The summed E-state index contributed by atoms with van der Waals surface area (Å²) in [5, 5.41) is 6.08. The van der Waals surface area contributed by atoms with Gasteiger partial charge in [-0.1, -0.05) is 5.16 Å². The van der Waals surface area contributed by atoms with Gasteiger partial charge in [0.05, 0.1) is 11.1 Å². The van der Waals surface area contributed by atoms with Crippen LogP contribution in [0.2, 0.25) is 0 Å². The van der Waals surface area contributed by atoms with Crippen molar-refractivity contribution in [3.8, 4) is 0 Å². The Labute approximate surface area is 126 Å². The summed E-state index contributed by atoms with van der Waals surface area (Å²) in [6.45, 7) is 5.62. The third-order valence-electron chi connectivity index (χ3n) is 2.33. The molecule has 0 bridgehead atoms. The maximum absolute atomic E-state index is 12.8. The molecular weight excluding hydrogens is 299 g/mol. The van der Waals surface area contributed by atoms with E-state index in [0.717, 1.165) is 18.5 Å². The molecule has 0 radical (unpaired) electrons. The minimum atomic E-state index is -4.60. The number of oxime groups is 1. The Balaban J connectivity index is 2.54. The molecule has 0 aliphatic rings. The van der Waals surface area contributed by atoms with E-state index in [1.807, 2.05) is 20.8 Å². The number of carbonyl (C=O) groups excluding carboxylic acids is 1. The second kappa shape index (κ2) is 7.24. The van der Waals surface area contributed by atoms with Crippen LogP contribution in [0, 0.1) is 0 Å². The van der Waals surface area contributed by atoms with Crippen LogP contribution in [0.3, 0.4) is 0 Å². The van der Waals surface area contributed by atoms with Crippen LogP contribution in [0.5, 0.6) is 0 Å². The van der Waals surface area contributed by atoms with Gasteiger partial charge in [-0.25, -0.2) is 0 Å². The lowest BCUT2D eigenvalue weighted by Gasteiger charge is -2.14. The smallest absolute Gasteiger partial charge is 0.390 e. The second-order valence-corrected chi connectivity index (χ2v) is 5.46. The number of hydrogen-bond donors (Lipinski definition) is 1. The van der Waals surface area contributed by atoms with Crippen molar-refractivity contribution in [1.29, 1.82) is 0 Å². The van der Waals surface area contributed by atoms with Crippen LogP contribution in [0.15, 0.2) is 23.6 Å². The molecule has 0 atom stereocenters. The number of hydrogen-bond acceptors (Lipinski definition) is 4. The monoisotopic (exact) mass is 317 g/mol. The molecule has 0 unspecified atom stereocenters. The van der Waals surface area contributed by atoms with Crippen molar-refractivity contribution in [2.45, 2.75) is 39.0 Å². The van der Waals surface area contributed by atoms with E-state index in [1.165, 1.54) is 6.21 Å². The minimum Gasteiger partial charge on any atom is -0.390 e. The molecule has 1 rings (SSSR count). The van der Waals surface area contributed by atoms with Crippen molar-refractivity contribution in [2.24, 2.45) is 5.16 Å². The Morgan fingerprint density at radius 3 is 2.68 bits per heavy atom. The van der Waals surface area contributed by atoms with Crippen LogP contribution in [0.1, 0.15) is 43.1 Å². The number of rotatable bonds is 5. The average Bonchev–Trinajstić information content (AvgIpc) is 2.40. The van der Waals surface area contributed by atoms with E-state index in [-0.39, 0.29) is 6.54 Å². The number of carbonyl (C=O) groups is 1. The lowest BCUT2D eigenvalue weighted by Crippen LogP contribution is -2.27. The van der Waals surface area contributed by atoms with Gasteiger partial charge in [0.15, 0.2) is 0 Å². The Morgan fingerprint density at radius 1 is 1.41 bits per heavy atom. The van der Waals surface area contributed by atoms with Crippen molar-refractivity contribution in [2.75, 3.05) is 6.54 Å². The van der Waals surface area contributed by atoms with Gasteiger partial charge in [0.2, 0.25) is 0 Å². The SMILES string of the molecule is CC(C)(C)ON=CCCNC(=O)c1cnccc1C(F)(F)F. The first kappa shape index (κ1) is 17.9. The van der Waals surface area contributed by atoms with Crippen LogP contribution in [-0.4, -0.2) is 29.3 Å². The number of amides is 1. The van der Waals surface area contributed by atoms with Gasteiger partial charge in [-0.15, -0.1) is 0 Å². The first-order chi connectivity index (χ1) is 10.1. The molecule has 8 heteroatoms. The zero-order valence-electron chi connectivity index (χ0n) is 12.6. The van der Waals surface area contributed by atoms with Crippen LogP contribution >= 0.6 is 0 Å². The summed E-state index contributed by atoms with van der Waals surface area (Å²) in [6.07, 6.45) is -0.925. The molecular formula is C14H18F3N3O2. The van der Waals surface area contributed by atoms with Crippen molar-refractivity contribution < 1.29 is 22.8 Å². The highest BCUT2D eigenvalue weighted by molar-refractivity contribution is 5.95. The Kier molecular flexibility index (Phi) is 5.90. The molecule has 22 heavy (non-hydrogen) atoms. The lowest BCUT2D eigenvalue weighted by molar-refractivity contribution is -0.138. The maximum atomic E-state index is 12.8. The summed E-state index contributed by atoms with van der Waals surface area (Å²) in [7, 11) is 0. The van der Waals surface area contributed by atoms with Gasteiger partial charge in [0.1, 0.15) is 5.60 Å². The maximum Gasteiger partial charge on any atom is 0.417 e. The fourth-order valence-corrected chi connectivity index (χ4v) is 1.42. The quantitative estimate of drug-likeness (QED) is 0.516. The van der Waals surface area contributed by atoms with Gasteiger partial charge in [-0.2, -0.15) is 13.2 Å². The molecule has 1 aromatic heterocycles. The predicted molar refractivity (Wildman–Crippen MR) is 75.5 cm³/mol. The highest BCUT2D eigenvalue weighted by Crippen LogP contribution is 2.31. The highest BCUT2D eigenvalue weighted by atomic mass is 19.4. The van der Waals surface area contributed by atoms with Gasteiger partial charge in [-0.3, -0.25) is 9.78 Å². The molecule has 1 heterocycles. The summed E-state index contributed by atoms with van der Waals surface area (Å²) in [4.78, 5) is 20.4. The standard InChI is InChI=1S/C14H18F3N3O2/c1-13(2,3)22-20-7-4-6-19-12(21)10-9-18-8-5-11(10)14(15,16)17/h5,7-9H,4,6H2,1-3H3,(H,19,21). The van der Waals surface area contributed by atoms with E-state index in [9.17, 15) is 18.0 Å². The summed E-state index contributed by atoms with van der Waals surface area (Å²) < 4.78 is 38.3. The molecule has 0 aromatic carbocycles. The van der Waals surface area contributed by atoms with Gasteiger partial charge >= 0.3 is 6.18 Å². The van der Waals surface area contributed by atoms with E-state index in [1.54, 1.807) is 0 Å². The molecule has 1 amide bonds. The van der Waals surface area contributed by atoms with Crippen LogP contribution in [0.4, 0.5) is 13.2 Å². The summed E-state index contributed by atoms with van der Waals surface area (Å²) in [5.41, 5.74) is -1.93. The second-order valence-electron chi connectivity index (χ2n) is 5.46. The van der Waals surface area contributed by atoms with Crippen LogP contribution < -0.4 is 5.32 Å². The van der Waals surface area contributed by atoms with E-state index >= 15 is 0 Å². The van der Waals surface area contributed by atoms with Gasteiger partial charge < -0.3 is 10.2 Å². The molecule has 122 valence electrons. The summed E-state index contributed by atoms with van der Waals surface area (Å²) in [5.74, 6) is -0.828. The first-order valence-corrected chi connectivity index (χ1v) is 6.60.